The Morgan fingerprint density at radius 2 is 2.00 bits per heavy atom. The molecule has 8 nitrogen and oxygen atoms in total. The highest BCUT2D eigenvalue weighted by atomic mass is 16.5. The predicted octanol–water partition coefficient (Wildman–Crippen LogP) is 0.126. The lowest BCUT2D eigenvalue weighted by Gasteiger charge is -2.27. The molecule has 2 fully saturated rings. The Balaban J connectivity index is 1.65. The number of benzene rings is 1. The molecule has 2 saturated heterocycles. The van der Waals surface area contributed by atoms with Crippen LogP contribution in [-0.4, -0.2) is 63.1 Å². The van der Waals surface area contributed by atoms with Gasteiger partial charge in [-0.2, -0.15) is 0 Å². The Bertz CT molecular complexity index is 1020. The van der Waals surface area contributed by atoms with E-state index < -0.39 is 23.5 Å². The van der Waals surface area contributed by atoms with Crippen LogP contribution in [0.25, 0.3) is 5.76 Å². The van der Waals surface area contributed by atoms with E-state index in [2.05, 4.69) is 0 Å². The molecule has 4 rings (SSSR count). The lowest BCUT2D eigenvalue weighted by molar-refractivity contribution is -0.908. The third-order valence-corrected chi connectivity index (χ3v) is 6.02. The maximum atomic E-state index is 13.4. The zero-order valence-corrected chi connectivity index (χ0v) is 18.4. The molecule has 0 saturated carbocycles. The van der Waals surface area contributed by atoms with Gasteiger partial charge in [-0.3, -0.25) is 9.59 Å². The first-order chi connectivity index (χ1) is 15.5. The Morgan fingerprint density at radius 1 is 1.22 bits per heavy atom. The van der Waals surface area contributed by atoms with Gasteiger partial charge in [0, 0.05) is 18.5 Å². The largest absolute Gasteiger partial charge is 0.872 e. The molecule has 1 unspecified atom stereocenters. The van der Waals surface area contributed by atoms with Crippen molar-refractivity contribution < 1.29 is 33.5 Å². The number of carbonyl (C=O) groups excluding carboxylic acids is 2. The normalized spacial score (nSPS) is 21.3. The fourth-order valence-electron chi connectivity index (χ4n) is 4.33. The average molecular weight is 440 g/mol. The minimum absolute atomic E-state index is 0.0728. The van der Waals surface area contributed by atoms with Gasteiger partial charge in [-0.05, 0) is 36.8 Å². The van der Waals surface area contributed by atoms with Gasteiger partial charge in [0.25, 0.3) is 5.91 Å². The molecule has 0 spiro atoms. The van der Waals surface area contributed by atoms with Crippen molar-refractivity contribution in [2.24, 2.45) is 0 Å². The maximum Gasteiger partial charge on any atom is 0.295 e. The minimum Gasteiger partial charge on any atom is -0.872 e. The fraction of sp³-hybridized carbons (Fsp3) is 0.417. The maximum absolute atomic E-state index is 13.4. The number of likely N-dealkylation sites (tertiary alicyclic amines) is 1. The minimum atomic E-state index is -0.831. The summed E-state index contributed by atoms with van der Waals surface area (Å²) in [6.45, 7) is 6.35. The van der Waals surface area contributed by atoms with Gasteiger partial charge in [0.15, 0.2) is 0 Å². The van der Waals surface area contributed by atoms with Crippen LogP contribution in [0.2, 0.25) is 0 Å². The number of furan rings is 1. The van der Waals surface area contributed by atoms with Gasteiger partial charge in [-0.15, -0.1) is 0 Å². The Kier molecular flexibility index (Phi) is 6.62. The van der Waals surface area contributed by atoms with Crippen LogP contribution < -0.4 is 14.7 Å². The second kappa shape index (κ2) is 9.58. The topological polar surface area (TPSA) is 96.5 Å². The molecule has 8 heteroatoms. The van der Waals surface area contributed by atoms with E-state index in [1.54, 1.807) is 43.3 Å². The molecular weight excluding hydrogens is 412 g/mol. The van der Waals surface area contributed by atoms with E-state index in [4.69, 9.17) is 13.9 Å². The molecule has 0 radical (unpaired) electrons. The fourth-order valence-corrected chi connectivity index (χ4v) is 4.33. The molecule has 32 heavy (non-hydrogen) atoms. The number of carbonyl (C=O) groups is 2. The van der Waals surface area contributed by atoms with Crippen LogP contribution in [0.3, 0.4) is 0 Å². The van der Waals surface area contributed by atoms with Gasteiger partial charge < -0.3 is 28.8 Å². The standard InChI is InChI=1S/C24H28N2O6/c1-16-7-8-19(32-16)21-20(22(27)17-5-3-6-18(15-17)30-2)23(28)24(29)26(21)10-4-9-25-11-13-31-14-12-25/h3,5-8,15,21,27H,4,9-14H2,1-2H3. The number of Topliss-reactive ketones (excluding diaryl/α,β-unsaturated/α-hetero) is 1. The number of ether oxygens (including phenoxy) is 2. The van der Waals surface area contributed by atoms with E-state index in [1.165, 1.54) is 16.9 Å². The number of ketones is 1. The lowest BCUT2D eigenvalue weighted by atomic mass is 9.99. The molecule has 1 atom stereocenters. The molecule has 3 heterocycles. The molecule has 1 N–H and O–H groups in total. The summed E-state index contributed by atoms with van der Waals surface area (Å²) in [6, 6.07) is 9.26. The van der Waals surface area contributed by atoms with Gasteiger partial charge in [-0.25, -0.2) is 0 Å². The monoisotopic (exact) mass is 440 g/mol. The molecule has 170 valence electrons. The summed E-state index contributed by atoms with van der Waals surface area (Å²) in [7, 11) is 1.51. The van der Waals surface area contributed by atoms with E-state index in [-0.39, 0.29) is 5.57 Å². The summed E-state index contributed by atoms with van der Waals surface area (Å²) in [5.41, 5.74) is 0.227. The number of nitrogens with one attached hydrogen (secondary N) is 1. The molecule has 0 aliphatic carbocycles. The van der Waals surface area contributed by atoms with Gasteiger partial charge in [-0.1, -0.05) is 17.9 Å². The third kappa shape index (κ3) is 4.42. The number of hydrogen-bond acceptors (Lipinski definition) is 6. The van der Waals surface area contributed by atoms with E-state index in [0.29, 0.717) is 35.8 Å². The molecule has 0 bridgehead atoms. The van der Waals surface area contributed by atoms with Crippen LogP contribution >= 0.6 is 0 Å². The van der Waals surface area contributed by atoms with Crippen molar-refractivity contribution in [2.45, 2.75) is 19.4 Å². The second-order valence-corrected chi connectivity index (χ2v) is 8.12. The summed E-state index contributed by atoms with van der Waals surface area (Å²) in [5.74, 6) is -0.334. The van der Waals surface area contributed by atoms with Crippen molar-refractivity contribution in [3.05, 3.63) is 59.1 Å². The van der Waals surface area contributed by atoms with Crippen molar-refractivity contribution in [2.75, 3.05) is 46.5 Å². The Morgan fingerprint density at radius 3 is 2.69 bits per heavy atom. The van der Waals surface area contributed by atoms with Crippen LogP contribution in [0, 0.1) is 6.92 Å². The first-order valence-corrected chi connectivity index (χ1v) is 10.9. The van der Waals surface area contributed by atoms with Crippen LogP contribution in [0.1, 0.15) is 29.5 Å². The average Bonchev–Trinajstić information content (AvgIpc) is 3.35. The summed E-state index contributed by atoms with van der Waals surface area (Å²) >= 11 is 0. The molecule has 2 aliphatic rings. The highest BCUT2D eigenvalue weighted by Gasteiger charge is 2.45. The van der Waals surface area contributed by atoms with Crippen LogP contribution in [-0.2, 0) is 14.3 Å². The summed E-state index contributed by atoms with van der Waals surface area (Å²) in [5, 5.41) is 13.4. The smallest absolute Gasteiger partial charge is 0.295 e. The molecule has 1 aromatic heterocycles. The number of aryl methyl sites for hydroxylation is 1. The lowest BCUT2D eigenvalue weighted by Crippen LogP contribution is -3.14. The summed E-state index contributed by atoms with van der Waals surface area (Å²) < 4.78 is 16.4. The number of hydrogen-bond donors (Lipinski definition) is 1. The van der Waals surface area contributed by atoms with Crippen LogP contribution in [0.4, 0.5) is 0 Å². The first-order valence-electron chi connectivity index (χ1n) is 10.9. The van der Waals surface area contributed by atoms with Crippen molar-refractivity contribution >= 4 is 17.4 Å². The van der Waals surface area contributed by atoms with E-state index in [1.807, 2.05) is 0 Å². The number of morpholine rings is 1. The van der Waals surface area contributed by atoms with Gasteiger partial charge >= 0.3 is 0 Å². The predicted molar refractivity (Wildman–Crippen MR) is 114 cm³/mol. The number of amides is 1. The highest BCUT2D eigenvalue weighted by Crippen LogP contribution is 2.39. The van der Waals surface area contributed by atoms with E-state index >= 15 is 0 Å². The van der Waals surface area contributed by atoms with Crippen LogP contribution in [0.15, 0.2) is 46.4 Å². The Hall–Kier alpha value is -3.10. The molecule has 1 amide bonds. The van der Waals surface area contributed by atoms with Gasteiger partial charge in [0.1, 0.15) is 36.4 Å². The first kappa shape index (κ1) is 22.1. The van der Waals surface area contributed by atoms with Crippen LogP contribution in [0.5, 0.6) is 5.75 Å². The van der Waals surface area contributed by atoms with Crippen molar-refractivity contribution in [1.82, 2.24) is 4.90 Å². The molecule has 2 aromatic rings. The SMILES string of the molecule is COc1cccc(C([O-])=C2C(=O)C(=O)N(CCC[NH+]3CCOCC3)C2c2ccc(C)o2)c1. The molecular formula is C24H28N2O6. The zero-order valence-electron chi connectivity index (χ0n) is 18.4. The second-order valence-electron chi connectivity index (χ2n) is 8.12. The van der Waals surface area contributed by atoms with Crippen molar-refractivity contribution in [3.8, 4) is 5.75 Å². The number of methoxy groups -OCH3 is 1. The quantitative estimate of drug-likeness (QED) is 0.373. The summed E-state index contributed by atoms with van der Waals surface area (Å²) in [4.78, 5) is 28.8. The third-order valence-electron chi connectivity index (χ3n) is 6.02. The van der Waals surface area contributed by atoms with E-state index in [0.717, 1.165) is 32.8 Å². The summed E-state index contributed by atoms with van der Waals surface area (Å²) in [6.07, 6.45) is 0.713. The van der Waals surface area contributed by atoms with Crippen molar-refractivity contribution in [3.63, 3.8) is 0 Å². The van der Waals surface area contributed by atoms with Gasteiger partial charge in [0.05, 0.1) is 26.9 Å². The van der Waals surface area contributed by atoms with Crippen molar-refractivity contribution in [1.29, 1.82) is 0 Å². The molecule has 1 aromatic carbocycles. The number of quaternary nitrogens is 1. The Labute approximate surface area is 187 Å². The number of rotatable bonds is 7. The molecule has 2 aliphatic heterocycles. The van der Waals surface area contributed by atoms with E-state index in [9.17, 15) is 14.7 Å². The zero-order chi connectivity index (χ0) is 22.7. The number of nitrogens with zero attached hydrogens (tertiary/aromatic N) is 1. The van der Waals surface area contributed by atoms with Gasteiger partial charge in [0.2, 0.25) is 5.78 Å². The highest BCUT2D eigenvalue weighted by molar-refractivity contribution is 6.46.